The third kappa shape index (κ3) is 3.05. The maximum Gasteiger partial charge on any atom is 0.319 e. The molecule has 0 spiro atoms. The molecular formula is C16H13ClF3NO7. The van der Waals surface area contributed by atoms with Crippen LogP contribution in [0, 0.1) is 27.3 Å². The molecule has 28 heavy (non-hydrogen) atoms. The zero-order valence-electron chi connectivity index (χ0n) is 14.0. The van der Waals surface area contributed by atoms with Gasteiger partial charge in [0.15, 0.2) is 0 Å². The van der Waals surface area contributed by atoms with Gasteiger partial charge in [-0.25, -0.2) is 13.2 Å². The number of hydrogen-bond acceptors (Lipinski definition) is 5. The third-order valence-electron chi connectivity index (χ3n) is 4.92. The van der Waals surface area contributed by atoms with Crippen molar-refractivity contribution in [3.63, 3.8) is 0 Å². The minimum Gasteiger partial charge on any atom is -0.501 e. The quantitative estimate of drug-likeness (QED) is 0.375. The number of phenols is 1. The zero-order valence-corrected chi connectivity index (χ0v) is 14.8. The molecule has 0 amide bonds. The molecule has 0 heterocycles. The number of carbonyl (C=O) groups is 2. The lowest BCUT2D eigenvalue weighted by Crippen LogP contribution is -2.50. The monoisotopic (exact) mass is 423 g/mol. The number of nitrogens with zero attached hydrogens (tertiary/aromatic N) is 1. The van der Waals surface area contributed by atoms with Crippen molar-refractivity contribution in [1.82, 2.24) is 0 Å². The number of allylic oxidation sites excluding steroid dienone is 1. The van der Waals surface area contributed by atoms with Crippen LogP contribution >= 0.6 is 11.6 Å². The summed E-state index contributed by atoms with van der Waals surface area (Å²) >= 11 is 5.52. The number of hydrogen-bond donors (Lipinski definition) is 3. The highest BCUT2D eigenvalue weighted by atomic mass is 35.5. The van der Waals surface area contributed by atoms with Crippen molar-refractivity contribution < 1.29 is 43.0 Å². The van der Waals surface area contributed by atoms with Gasteiger partial charge in [0, 0.05) is 0 Å². The first-order chi connectivity index (χ1) is 12.8. The van der Waals surface area contributed by atoms with Crippen LogP contribution < -0.4 is 0 Å². The number of rotatable bonds is 5. The van der Waals surface area contributed by atoms with Crippen LogP contribution in [-0.4, -0.2) is 38.6 Å². The second kappa shape index (κ2) is 6.97. The molecule has 1 aliphatic carbocycles. The van der Waals surface area contributed by atoms with E-state index in [0.29, 0.717) is 18.2 Å². The average molecular weight is 424 g/mol. The van der Waals surface area contributed by atoms with Gasteiger partial charge in [-0.1, -0.05) is 23.8 Å². The van der Waals surface area contributed by atoms with E-state index < -0.39 is 74.3 Å². The van der Waals surface area contributed by atoms with E-state index in [1.165, 1.54) is 0 Å². The summed E-state index contributed by atoms with van der Waals surface area (Å²) < 4.78 is 41.3. The zero-order chi connectivity index (χ0) is 21.6. The van der Waals surface area contributed by atoms with Gasteiger partial charge in [0.05, 0.1) is 26.8 Å². The van der Waals surface area contributed by atoms with E-state index in [2.05, 4.69) is 0 Å². The van der Waals surface area contributed by atoms with Crippen molar-refractivity contribution in [3.8, 4) is 5.75 Å². The Balaban J connectivity index is 2.94. The molecule has 1 aromatic carbocycles. The molecule has 1 aliphatic rings. The van der Waals surface area contributed by atoms with E-state index in [0.717, 1.165) is 6.92 Å². The van der Waals surface area contributed by atoms with Gasteiger partial charge in [-0.05, 0) is 19.4 Å². The molecule has 0 fully saturated rings. The smallest absolute Gasteiger partial charge is 0.319 e. The van der Waals surface area contributed by atoms with Gasteiger partial charge >= 0.3 is 17.6 Å². The highest BCUT2D eigenvalue weighted by Gasteiger charge is 2.58. The fourth-order valence-corrected chi connectivity index (χ4v) is 3.63. The van der Waals surface area contributed by atoms with Gasteiger partial charge in [0.25, 0.3) is 0 Å². The highest BCUT2D eigenvalue weighted by Crippen LogP contribution is 2.53. The van der Waals surface area contributed by atoms with Crippen LogP contribution in [0.25, 0.3) is 0 Å². The van der Waals surface area contributed by atoms with E-state index in [9.17, 15) is 48.2 Å². The van der Waals surface area contributed by atoms with E-state index in [4.69, 9.17) is 11.6 Å². The van der Waals surface area contributed by atoms with Crippen molar-refractivity contribution in [2.75, 3.05) is 0 Å². The molecule has 0 saturated carbocycles. The summed E-state index contributed by atoms with van der Waals surface area (Å²) in [5.74, 6) is -8.39. The van der Waals surface area contributed by atoms with Crippen molar-refractivity contribution >= 4 is 29.2 Å². The molecule has 0 radical (unpaired) electrons. The second-order valence-corrected chi connectivity index (χ2v) is 6.97. The van der Waals surface area contributed by atoms with Crippen molar-refractivity contribution in [1.29, 1.82) is 0 Å². The lowest BCUT2D eigenvalue weighted by Gasteiger charge is -2.42. The van der Waals surface area contributed by atoms with E-state index >= 15 is 0 Å². The molecule has 0 bridgehead atoms. The van der Waals surface area contributed by atoms with Crippen LogP contribution in [-0.2, 0) is 15.0 Å². The molecule has 3 unspecified atom stereocenters. The van der Waals surface area contributed by atoms with Gasteiger partial charge in [0.1, 0.15) is 11.2 Å². The number of alkyl halides is 2. The lowest BCUT2D eigenvalue weighted by molar-refractivity contribution is -0.387. The summed E-state index contributed by atoms with van der Waals surface area (Å²) in [4.78, 5) is 33.9. The first-order valence-electron chi connectivity index (χ1n) is 7.59. The molecule has 0 aliphatic heterocycles. The maximum atomic E-state index is 14.7. The molecule has 152 valence electrons. The molecule has 0 saturated heterocycles. The number of nitro groups is 1. The Morgan fingerprint density at radius 3 is 2.36 bits per heavy atom. The Morgan fingerprint density at radius 1 is 1.36 bits per heavy atom. The summed E-state index contributed by atoms with van der Waals surface area (Å²) in [6.07, 6.45) is -3.14. The molecule has 1 aromatic rings. The number of aromatic hydroxyl groups is 1. The minimum absolute atomic E-state index is 0.426. The van der Waals surface area contributed by atoms with Gasteiger partial charge in [-0.2, -0.15) is 0 Å². The number of aliphatic carboxylic acids is 2. The first-order valence-corrected chi connectivity index (χ1v) is 7.97. The summed E-state index contributed by atoms with van der Waals surface area (Å²) in [7, 11) is 0. The SMILES string of the molecule is CC1(C(=O)O)CC(C(=O)O)(c2c(F)cc(Cl)c(O)c2[N+](=O)[O-])C=CC1C(F)F. The molecular weight excluding hydrogens is 411 g/mol. The highest BCUT2D eigenvalue weighted by molar-refractivity contribution is 6.32. The minimum atomic E-state index is -3.19. The number of benzene rings is 1. The number of carboxylic acid groups (broad SMARTS) is 2. The number of nitro benzene ring substituents is 1. The van der Waals surface area contributed by atoms with Crippen LogP contribution in [0.4, 0.5) is 18.9 Å². The molecule has 3 atom stereocenters. The topological polar surface area (TPSA) is 138 Å². The summed E-state index contributed by atoms with van der Waals surface area (Å²) in [6.45, 7) is 0.840. The van der Waals surface area contributed by atoms with Gasteiger partial charge in [-0.3, -0.25) is 19.7 Å². The molecule has 3 N–H and O–H groups in total. The lowest BCUT2D eigenvalue weighted by atomic mass is 9.59. The predicted molar refractivity (Wildman–Crippen MR) is 88.0 cm³/mol. The van der Waals surface area contributed by atoms with Gasteiger partial charge in [-0.15, -0.1) is 0 Å². The van der Waals surface area contributed by atoms with Crippen LogP contribution in [0.3, 0.4) is 0 Å². The summed E-state index contributed by atoms with van der Waals surface area (Å²) in [5.41, 5.74) is -7.69. The molecule has 0 aromatic heterocycles. The number of halogens is 4. The Hall–Kier alpha value is -2.82. The predicted octanol–water partition coefficient (Wildman–Crippen LogP) is 3.35. The molecule has 12 heteroatoms. The van der Waals surface area contributed by atoms with E-state index in [1.54, 1.807) is 0 Å². The summed E-state index contributed by atoms with van der Waals surface area (Å²) in [6, 6.07) is 0.426. The van der Waals surface area contributed by atoms with Crippen LogP contribution in [0.1, 0.15) is 18.9 Å². The fraction of sp³-hybridized carbons (Fsp3) is 0.375. The largest absolute Gasteiger partial charge is 0.501 e. The van der Waals surface area contributed by atoms with Crippen molar-refractivity contribution in [3.05, 3.63) is 44.7 Å². The number of phenolic OH excluding ortho intramolecular Hbond substituents is 1. The third-order valence-corrected chi connectivity index (χ3v) is 5.21. The average Bonchev–Trinajstić information content (AvgIpc) is 2.56. The molecule has 2 rings (SSSR count). The fourth-order valence-electron chi connectivity index (χ4n) is 3.44. The van der Waals surface area contributed by atoms with Crippen LogP contribution in [0.5, 0.6) is 5.75 Å². The normalized spacial score (nSPS) is 27.0. The second-order valence-electron chi connectivity index (χ2n) is 6.56. The van der Waals surface area contributed by atoms with Gasteiger partial charge < -0.3 is 15.3 Å². The molecule has 8 nitrogen and oxygen atoms in total. The van der Waals surface area contributed by atoms with Crippen LogP contribution in [0.15, 0.2) is 18.2 Å². The van der Waals surface area contributed by atoms with Crippen molar-refractivity contribution in [2.45, 2.75) is 25.2 Å². The van der Waals surface area contributed by atoms with E-state index in [-0.39, 0.29) is 0 Å². The Bertz CT molecular complexity index is 907. The Kier molecular flexibility index (Phi) is 5.35. The van der Waals surface area contributed by atoms with Crippen LogP contribution in [0.2, 0.25) is 5.02 Å². The summed E-state index contributed by atoms with van der Waals surface area (Å²) in [5, 5.41) is 39.7. The maximum absolute atomic E-state index is 14.7. The van der Waals surface area contributed by atoms with Crippen molar-refractivity contribution in [2.24, 2.45) is 11.3 Å². The van der Waals surface area contributed by atoms with Gasteiger partial charge in [0.2, 0.25) is 12.2 Å². The standard InChI is InChI=1S/C16H13ClF3NO7/c1-15(13(23)24)5-16(14(25)26,3-2-6(15)12(19)20)9-8(18)4-7(17)11(22)10(9)21(27)28/h2-4,6,12,22H,5H2,1H3,(H,23,24)(H,25,26). The van der Waals surface area contributed by atoms with E-state index in [1.807, 2.05) is 0 Å². The number of carboxylic acids is 2. The Morgan fingerprint density at radius 2 is 1.93 bits per heavy atom. The Labute approximate surface area is 160 Å². The first kappa shape index (κ1) is 21.5.